The molecule has 2 aromatic carbocycles. The first-order chi connectivity index (χ1) is 11.8. The van der Waals surface area contributed by atoms with Crippen molar-refractivity contribution in [3.8, 4) is 0 Å². The van der Waals surface area contributed by atoms with Gasteiger partial charge < -0.3 is 10.4 Å². The Morgan fingerprint density at radius 1 is 0.920 bits per heavy atom. The Morgan fingerprint density at radius 3 is 1.64 bits per heavy atom. The van der Waals surface area contributed by atoms with E-state index in [2.05, 4.69) is 19.2 Å². The average molecular weight is 355 g/mol. The van der Waals surface area contributed by atoms with Crippen LogP contribution < -0.4 is 5.32 Å². The van der Waals surface area contributed by atoms with Crippen LogP contribution in [0.4, 0.5) is 13.2 Å². The van der Waals surface area contributed by atoms with Crippen LogP contribution in [0.3, 0.4) is 0 Å². The molecule has 0 amide bonds. The molecule has 2 N–H and O–H groups in total. The zero-order valence-electron chi connectivity index (χ0n) is 15.1. The second-order valence-corrected chi connectivity index (χ2v) is 5.52. The van der Waals surface area contributed by atoms with Gasteiger partial charge in [-0.25, -0.2) is 0 Å². The Kier molecular flexibility index (Phi) is 12.4. The molecule has 1 unspecified atom stereocenters. The first-order valence-electron chi connectivity index (χ1n) is 8.35. The Balaban J connectivity index is 0.000000524. The lowest BCUT2D eigenvalue weighted by Gasteiger charge is -2.11. The molecule has 140 valence electrons. The lowest BCUT2D eigenvalue weighted by Crippen LogP contribution is -2.28. The smallest absolute Gasteiger partial charge is 0.395 e. The monoisotopic (exact) mass is 355 g/mol. The topological polar surface area (TPSA) is 32.3 Å². The SMILES string of the molecule is CC(CO)NCc1ccc(C(F)(F)F)cc1.CCC.c1ccccc1. The molecule has 0 fully saturated rings. The minimum atomic E-state index is -4.29. The van der Waals surface area contributed by atoms with E-state index >= 15 is 0 Å². The third-order valence-electron chi connectivity index (χ3n) is 2.88. The van der Waals surface area contributed by atoms with Crippen molar-refractivity contribution in [1.82, 2.24) is 5.32 Å². The normalized spacial score (nSPS) is 11.5. The summed E-state index contributed by atoms with van der Waals surface area (Å²) < 4.78 is 36.7. The highest BCUT2D eigenvalue weighted by molar-refractivity contribution is 5.24. The number of aliphatic hydroxyl groups is 1. The van der Waals surface area contributed by atoms with E-state index in [4.69, 9.17) is 5.11 Å². The van der Waals surface area contributed by atoms with Crippen LogP contribution in [0.5, 0.6) is 0 Å². The maximum atomic E-state index is 12.2. The van der Waals surface area contributed by atoms with Crippen molar-refractivity contribution in [3.05, 3.63) is 71.8 Å². The molecule has 0 aliphatic heterocycles. The van der Waals surface area contributed by atoms with Crippen LogP contribution in [0, 0.1) is 0 Å². The van der Waals surface area contributed by atoms with E-state index in [1.54, 1.807) is 6.92 Å². The third-order valence-corrected chi connectivity index (χ3v) is 2.88. The highest BCUT2D eigenvalue weighted by atomic mass is 19.4. The van der Waals surface area contributed by atoms with Crippen molar-refractivity contribution < 1.29 is 18.3 Å². The zero-order valence-corrected chi connectivity index (χ0v) is 15.1. The molecule has 0 bridgehead atoms. The number of rotatable bonds is 4. The van der Waals surface area contributed by atoms with Gasteiger partial charge in [0, 0.05) is 12.6 Å². The molecule has 0 aliphatic carbocycles. The highest BCUT2D eigenvalue weighted by Crippen LogP contribution is 2.28. The van der Waals surface area contributed by atoms with Gasteiger partial charge in [-0.3, -0.25) is 0 Å². The predicted molar refractivity (Wildman–Crippen MR) is 97.2 cm³/mol. The number of alkyl halides is 3. The van der Waals surface area contributed by atoms with Crippen molar-refractivity contribution >= 4 is 0 Å². The van der Waals surface area contributed by atoms with Crippen LogP contribution in [0.15, 0.2) is 60.7 Å². The lowest BCUT2D eigenvalue weighted by molar-refractivity contribution is -0.137. The van der Waals surface area contributed by atoms with Gasteiger partial charge in [-0.2, -0.15) is 13.2 Å². The van der Waals surface area contributed by atoms with Crippen molar-refractivity contribution in [1.29, 1.82) is 0 Å². The van der Waals surface area contributed by atoms with E-state index in [1.165, 1.54) is 18.6 Å². The van der Waals surface area contributed by atoms with Crippen molar-refractivity contribution in [2.45, 2.75) is 46.0 Å². The molecule has 0 heterocycles. The summed E-state index contributed by atoms with van der Waals surface area (Å²) in [5.74, 6) is 0. The molecule has 0 aliphatic rings. The summed E-state index contributed by atoms with van der Waals surface area (Å²) in [6.07, 6.45) is -3.04. The number of hydrogen-bond acceptors (Lipinski definition) is 2. The Hall–Kier alpha value is -1.85. The lowest BCUT2D eigenvalue weighted by atomic mass is 10.1. The van der Waals surface area contributed by atoms with E-state index in [0.717, 1.165) is 17.7 Å². The van der Waals surface area contributed by atoms with Crippen molar-refractivity contribution in [2.75, 3.05) is 6.61 Å². The van der Waals surface area contributed by atoms with E-state index < -0.39 is 11.7 Å². The first kappa shape index (κ1) is 23.1. The number of halogens is 3. The summed E-state index contributed by atoms with van der Waals surface area (Å²) in [6, 6.07) is 16.9. The highest BCUT2D eigenvalue weighted by Gasteiger charge is 2.29. The maximum Gasteiger partial charge on any atom is 0.416 e. The molecule has 1 atom stereocenters. The van der Waals surface area contributed by atoms with E-state index in [9.17, 15) is 13.2 Å². The molecule has 0 saturated heterocycles. The fourth-order valence-corrected chi connectivity index (χ4v) is 1.55. The summed E-state index contributed by atoms with van der Waals surface area (Å²) in [6.45, 7) is 6.49. The van der Waals surface area contributed by atoms with Crippen LogP contribution in [0.2, 0.25) is 0 Å². The van der Waals surface area contributed by atoms with Crippen LogP contribution in [-0.4, -0.2) is 17.8 Å². The molecule has 2 nitrogen and oxygen atoms in total. The maximum absolute atomic E-state index is 12.2. The van der Waals surface area contributed by atoms with E-state index in [1.807, 2.05) is 36.4 Å². The van der Waals surface area contributed by atoms with E-state index in [0.29, 0.717) is 6.54 Å². The summed E-state index contributed by atoms with van der Waals surface area (Å²) in [5.41, 5.74) is 0.111. The van der Waals surface area contributed by atoms with Gasteiger partial charge >= 0.3 is 6.18 Å². The molecule has 0 radical (unpaired) electrons. The first-order valence-corrected chi connectivity index (χ1v) is 8.35. The molecule has 0 saturated carbocycles. The van der Waals surface area contributed by atoms with Crippen molar-refractivity contribution in [3.63, 3.8) is 0 Å². The van der Waals surface area contributed by atoms with Crippen molar-refractivity contribution in [2.24, 2.45) is 0 Å². The van der Waals surface area contributed by atoms with Crippen LogP contribution >= 0.6 is 0 Å². The molecule has 0 aromatic heterocycles. The van der Waals surface area contributed by atoms with Crippen LogP contribution in [-0.2, 0) is 12.7 Å². The zero-order chi connectivity index (χ0) is 19.1. The van der Waals surface area contributed by atoms with Gasteiger partial charge in [-0.1, -0.05) is 68.8 Å². The molecule has 0 spiro atoms. The number of nitrogens with one attached hydrogen (secondary N) is 1. The van der Waals surface area contributed by atoms with E-state index in [-0.39, 0.29) is 12.6 Å². The summed E-state index contributed by atoms with van der Waals surface area (Å²) in [7, 11) is 0. The van der Waals surface area contributed by atoms with Gasteiger partial charge in [0.2, 0.25) is 0 Å². The fraction of sp³-hybridized carbons (Fsp3) is 0.400. The predicted octanol–water partition coefficient (Wildman–Crippen LogP) is 5.28. The second kappa shape index (κ2) is 13.4. The van der Waals surface area contributed by atoms with Gasteiger partial charge in [-0.05, 0) is 24.6 Å². The number of hydrogen-bond donors (Lipinski definition) is 2. The van der Waals surface area contributed by atoms with Gasteiger partial charge in [-0.15, -0.1) is 0 Å². The fourth-order valence-electron chi connectivity index (χ4n) is 1.55. The third kappa shape index (κ3) is 12.2. The largest absolute Gasteiger partial charge is 0.416 e. The van der Waals surface area contributed by atoms with Gasteiger partial charge in [0.1, 0.15) is 0 Å². The summed E-state index contributed by atoms with van der Waals surface area (Å²) >= 11 is 0. The summed E-state index contributed by atoms with van der Waals surface area (Å²) in [4.78, 5) is 0. The number of benzene rings is 2. The van der Waals surface area contributed by atoms with Gasteiger partial charge in [0.05, 0.1) is 12.2 Å². The van der Waals surface area contributed by atoms with Crippen LogP contribution in [0.25, 0.3) is 0 Å². The molecule has 5 heteroatoms. The average Bonchev–Trinajstić information content (AvgIpc) is 2.62. The Labute approximate surface area is 148 Å². The molecular formula is C20H28F3NO. The second-order valence-electron chi connectivity index (χ2n) is 5.52. The Bertz CT molecular complexity index is 500. The van der Waals surface area contributed by atoms with Crippen LogP contribution in [0.1, 0.15) is 38.3 Å². The summed E-state index contributed by atoms with van der Waals surface area (Å²) in [5, 5.41) is 11.7. The minimum absolute atomic E-state index is 0.000630. The van der Waals surface area contributed by atoms with Gasteiger partial charge in [0.15, 0.2) is 0 Å². The molecular weight excluding hydrogens is 327 g/mol. The van der Waals surface area contributed by atoms with Gasteiger partial charge in [0.25, 0.3) is 0 Å². The molecule has 25 heavy (non-hydrogen) atoms. The Morgan fingerprint density at radius 2 is 1.32 bits per heavy atom. The standard InChI is InChI=1S/C11H14F3NO.C6H6.C3H8/c1-8(7-16)15-6-9-2-4-10(5-3-9)11(12,13)14;1-2-4-6-5-3-1;1-3-2/h2-5,8,15-16H,6-7H2,1H3;1-6H;3H2,1-2H3. The molecule has 2 rings (SSSR count). The minimum Gasteiger partial charge on any atom is -0.395 e. The quantitative estimate of drug-likeness (QED) is 0.782. The molecule has 2 aromatic rings. The number of aliphatic hydroxyl groups excluding tert-OH is 1.